The van der Waals surface area contributed by atoms with Gasteiger partial charge in [-0.05, 0) is 13.8 Å². The Labute approximate surface area is 72.7 Å². The van der Waals surface area contributed by atoms with Gasteiger partial charge in [0.2, 0.25) is 0 Å². The minimum absolute atomic E-state index is 0.121. The van der Waals surface area contributed by atoms with Gasteiger partial charge in [0, 0.05) is 6.54 Å². The van der Waals surface area contributed by atoms with Crippen LogP contribution in [0.25, 0.3) is 0 Å². The van der Waals surface area contributed by atoms with E-state index in [1.165, 1.54) is 4.90 Å². The highest BCUT2D eigenvalue weighted by Crippen LogP contribution is 2.12. The van der Waals surface area contributed by atoms with Crippen molar-refractivity contribution < 1.29 is 9.90 Å². The van der Waals surface area contributed by atoms with Crippen molar-refractivity contribution in [1.29, 1.82) is 0 Å². The first kappa shape index (κ1) is 11.0. The molecule has 0 saturated carbocycles. The number of urea groups is 1. The van der Waals surface area contributed by atoms with Gasteiger partial charge in [-0.1, -0.05) is 6.08 Å². The molecule has 0 fully saturated rings. The number of rotatable bonds is 4. The molecule has 0 heterocycles. The molecule has 4 heteroatoms. The predicted molar refractivity (Wildman–Crippen MR) is 47.7 cm³/mol. The molecule has 70 valence electrons. The molecule has 0 bridgehead atoms. The van der Waals surface area contributed by atoms with Crippen molar-refractivity contribution in [2.45, 2.75) is 19.4 Å². The molecule has 3 N–H and O–H groups in total. The zero-order chi connectivity index (χ0) is 9.78. The summed E-state index contributed by atoms with van der Waals surface area (Å²) in [6, 6.07) is -0.547. The second-order valence-corrected chi connectivity index (χ2v) is 3.21. The van der Waals surface area contributed by atoms with Gasteiger partial charge in [-0.2, -0.15) is 0 Å². The topological polar surface area (TPSA) is 66.6 Å². The van der Waals surface area contributed by atoms with Gasteiger partial charge >= 0.3 is 6.03 Å². The molecule has 0 aliphatic carbocycles. The van der Waals surface area contributed by atoms with Crippen molar-refractivity contribution in [1.82, 2.24) is 4.90 Å². The van der Waals surface area contributed by atoms with Gasteiger partial charge in [0.25, 0.3) is 0 Å². The largest absolute Gasteiger partial charge is 0.394 e. The lowest BCUT2D eigenvalue weighted by molar-refractivity contribution is 0.0924. The molecule has 0 rings (SSSR count). The summed E-state index contributed by atoms with van der Waals surface area (Å²) in [5.41, 5.74) is 4.49. The number of carbonyl (C=O) groups is 1. The van der Waals surface area contributed by atoms with E-state index in [4.69, 9.17) is 10.8 Å². The zero-order valence-corrected chi connectivity index (χ0v) is 7.58. The number of carbonyl (C=O) groups excluding carboxylic acids is 1. The van der Waals surface area contributed by atoms with Crippen LogP contribution in [0.2, 0.25) is 0 Å². The first-order chi connectivity index (χ1) is 5.45. The fourth-order valence-corrected chi connectivity index (χ4v) is 0.850. The predicted octanol–water partition coefficient (Wildman–Crippen LogP) is 0.324. The van der Waals surface area contributed by atoms with Gasteiger partial charge in [-0.3, -0.25) is 0 Å². The fraction of sp³-hybridized carbons (Fsp3) is 0.625. The summed E-state index contributed by atoms with van der Waals surface area (Å²) in [7, 11) is 0. The van der Waals surface area contributed by atoms with Crippen molar-refractivity contribution >= 4 is 6.03 Å². The molecule has 0 aliphatic rings. The summed E-state index contributed by atoms with van der Waals surface area (Å²) in [5, 5.41) is 8.96. The quantitative estimate of drug-likeness (QED) is 0.600. The normalized spacial score (nSPS) is 10.9. The Kier molecular flexibility index (Phi) is 3.76. The lowest BCUT2D eigenvalue weighted by Crippen LogP contribution is -2.52. The third kappa shape index (κ3) is 2.54. The molecule has 0 spiro atoms. The second kappa shape index (κ2) is 4.11. The number of nitrogens with two attached hydrogens (primary N) is 1. The number of hydrogen-bond acceptors (Lipinski definition) is 2. The molecular weight excluding hydrogens is 156 g/mol. The number of primary amides is 1. The molecule has 12 heavy (non-hydrogen) atoms. The van der Waals surface area contributed by atoms with Crippen molar-refractivity contribution in [2.75, 3.05) is 13.2 Å². The Morgan fingerprint density at radius 3 is 2.50 bits per heavy atom. The summed E-state index contributed by atoms with van der Waals surface area (Å²) in [6.45, 7) is 7.20. The molecule has 0 radical (unpaired) electrons. The molecule has 0 atom stereocenters. The van der Waals surface area contributed by atoms with E-state index in [1.54, 1.807) is 19.9 Å². The van der Waals surface area contributed by atoms with Crippen molar-refractivity contribution in [3.05, 3.63) is 12.7 Å². The van der Waals surface area contributed by atoms with Gasteiger partial charge in [0.15, 0.2) is 0 Å². The highest BCUT2D eigenvalue weighted by atomic mass is 16.3. The van der Waals surface area contributed by atoms with Crippen LogP contribution in [-0.4, -0.2) is 34.7 Å². The van der Waals surface area contributed by atoms with Crippen LogP contribution >= 0.6 is 0 Å². The van der Waals surface area contributed by atoms with E-state index >= 15 is 0 Å². The molecule has 0 aromatic heterocycles. The molecule has 0 unspecified atom stereocenters. The monoisotopic (exact) mass is 172 g/mol. The first-order valence-corrected chi connectivity index (χ1v) is 3.74. The lowest BCUT2D eigenvalue weighted by atomic mass is 10.1. The second-order valence-electron chi connectivity index (χ2n) is 3.21. The summed E-state index contributed by atoms with van der Waals surface area (Å²) in [6.07, 6.45) is 1.57. The average Bonchev–Trinajstić information content (AvgIpc) is 1.99. The van der Waals surface area contributed by atoms with E-state index < -0.39 is 11.6 Å². The van der Waals surface area contributed by atoms with E-state index in [0.717, 1.165) is 0 Å². The van der Waals surface area contributed by atoms with Crippen LogP contribution in [0.1, 0.15) is 13.8 Å². The van der Waals surface area contributed by atoms with Gasteiger partial charge < -0.3 is 15.7 Å². The zero-order valence-electron chi connectivity index (χ0n) is 7.58. The Balaban J connectivity index is 4.48. The first-order valence-electron chi connectivity index (χ1n) is 3.74. The molecule has 4 nitrogen and oxygen atoms in total. The number of nitrogens with zero attached hydrogens (tertiary/aromatic N) is 1. The lowest BCUT2D eigenvalue weighted by Gasteiger charge is -2.34. The minimum Gasteiger partial charge on any atom is -0.394 e. The molecule has 0 aromatic carbocycles. The van der Waals surface area contributed by atoms with Crippen molar-refractivity contribution in [3.63, 3.8) is 0 Å². The van der Waals surface area contributed by atoms with Crippen molar-refractivity contribution in [3.8, 4) is 0 Å². The summed E-state index contributed by atoms with van der Waals surface area (Å²) in [5.74, 6) is 0. The average molecular weight is 172 g/mol. The van der Waals surface area contributed by atoms with Gasteiger partial charge in [0.05, 0.1) is 12.1 Å². The van der Waals surface area contributed by atoms with Crippen LogP contribution in [0.4, 0.5) is 4.79 Å². The Morgan fingerprint density at radius 2 is 2.25 bits per heavy atom. The fourth-order valence-electron chi connectivity index (χ4n) is 0.850. The summed E-state index contributed by atoms with van der Waals surface area (Å²) < 4.78 is 0. The van der Waals surface area contributed by atoms with Crippen molar-refractivity contribution in [2.24, 2.45) is 5.73 Å². The number of hydrogen-bond donors (Lipinski definition) is 2. The van der Waals surface area contributed by atoms with E-state index in [9.17, 15) is 4.79 Å². The van der Waals surface area contributed by atoms with E-state index in [-0.39, 0.29) is 6.61 Å². The Morgan fingerprint density at radius 1 is 1.75 bits per heavy atom. The van der Waals surface area contributed by atoms with Gasteiger partial charge in [-0.15, -0.1) is 6.58 Å². The van der Waals surface area contributed by atoms with E-state index in [0.29, 0.717) is 6.54 Å². The molecule has 0 aliphatic heterocycles. The van der Waals surface area contributed by atoms with Crippen LogP contribution in [0, 0.1) is 0 Å². The van der Waals surface area contributed by atoms with Crippen LogP contribution < -0.4 is 5.73 Å². The van der Waals surface area contributed by atoms with Crippen LogP contribution in [0.5, 0.6) is 0 Å². The minimum atomic E-state index is -0.625. The molecule has 0 aromatic rings. The van der Waals surface area contributed by atoms with Gasteiger partial charge in [-0.25, -0.2) is 4.79 Å². The third-order valence-electron chi connectivity index (χ3n) is 1.70. The smallest absolute Gasteiger partial charge is 0.315 e. The maximum absolute atomic E-state index is 10.9. The maximum atomic E-state index is 10.9. The Bertz CT molecular complexity index is 178. The van der Waals surface area contributed by atoms with Crippen LogP contribution in [-0.2, 0) is 0 Å². The van der Waals surface area contributed by atoms with Gasteiger partial charge in [0.1, 0.15) is 0 Å². The standard InChI is InChI=1S/C8H16N2O2/c1-4-5-10(7(9)12)8(2,3)6-11/h4,11H,1,5-6H2,2-3H3,(H2,9,12). The SMILES string of the molecule is C=CCN(C(N)=O)C(C)(C)CO. The number of aliphatic hydroxyl groups excluding tert-OH is 1. The number of aliphatic hydroxyl groups is 1. The molecular formula is C8H16N2O2. The third-order valence-corrected chi connectivity index (χ3v) is 1.70. The molecule has 0 saturated heterocycles. The van der Waals surface area contributed by atoms with Crippen LogP contribution in [0.15, 0.2) is 12.7 Å². The summed E-state index contributed by atoms with van der Waals surface area (Å²) in [4.78, 5) is 12.2. The van der Waals surface area contributed by atoms with E-state index in [2.05, 4.69) is 6.58 Å². The maximum Gasteiger partial charge on any atom is 0.315 e. The highest BCUT2D eigenvalue weighted by Gasteiger charge is 2.27. The number of amides is 2. The molecule has 2 amide bonds. The van der Waals surface area contributed by atoms with Crippen LogP contribution in [0.3, 0.4) is 0 Å². The highest BCUT2D eigenvalue weighted by molar-refractivity contribution is 5.73. The van der Waals surface area contributed by atoms with E-state index in [1.807, 2.05) is 0 Å². The Hall–Kier alpha value is -1.03. The summed E-state index contributed by atoms with van der Waals surface area (Å²) >= 11 is 0.